The molecule has 1 fully saturated rings. The summed E-state index contributed by atoms with van der Waals surface area (Å²) in [6, 6.07) is 9.84. The van der Waals surface area contributed by atoms with Crippen LogP contribution >= 0.6 is 15.9 Å². The number of nitrogens with zero attached hydrogens (tertiary/aromatic N) is 1. The molecule has 1 heterocycles. The van der Waals surface area contributed by atoms with Gasteiger partial charge in [-0.15, -0.1) is 0 Å². The molecule has 2 nitrogen and oxygen atoms in total. The lowest BCUT2D eigenvalue weighted by Gasteiger charge is -2.13. The van der Waals surface area contributed by atoms with Gasteiger partial charge in [-0.3, -0.25) is 0 Å². The molecule has 2 unspecified atom stereocenters. The first kappa shape index (κ1) is 12.1. The smallest absolute Gasteiger partial charge is 0.0212 e. The number of halogens is 1. The van der Waals surface area contributed by atoms with Crippen LogP contribution in [0.4, 0.5) is 0 Å². The molecular formula is C13H19BrN2. The summed E-state index contributed by atoms with van der Waals surface area (Å²) in [5, 5.41) is 3.62. The minimum atomic E-state index is 0.638. The summed E-state index contributed by atoms with van der Waals surface area (Å²) in [7, 11) is 2.20. The maximum absolute atomic E-state index is 3.62. The van der Waals surface area contributed by atoms with Crippen LogP contribution < -0.4 is 5.32 Å². The first-order chi connectivity index (χ1) is 7.65. The molecule has 1 N–H and O–H groups in total. The Kier molecular flexibility index (Phi) is 4.00. The highest BCUT2D eigenvalue weighted by Crippen LogP contribution is 2.16. The lowest BCUT2D eigenvalue weighted by Crippen LogP contribution is -2.31. The Labute approximate surface area is 106 Å². The lowest BCUT2D eigenvalue weighted by atomic mass is 10.1. The van der Waals surface area contributed by atoms with Crippen LogP contribution in [0.1, 0.15) is 18.9 Å². The quantitative estimate of drug-likeness (QED) is 0.917. The van der Waals surface area contributed by atoms with E-state index in [2.05, 4.69) is 64.4 Å². The van der Waals surface area contributed by atoms with E-state index < -0.39 is 0 Å². The summed E-state index contributed by atoms with van der Waals surface area (Å²) in [4.78, 5) is 2.42. The topological polar surface area (TPSA) is 15.3 Å². The van der Waals surface area contributed by atoms with Crippen LogP contribution in [0.5, 0.6) is 0 Å². The highest BCUT2D eigenvalue weighted by Gasteiger charge is 2.25. The fraction of sp³-hybridized carbons (Fsp3) is 0.538. The summed E-state index contributed by atoms with van der Waals surface area (Å²) < 4.78 is 1.16. The highest BCUT2D eigenvalue weighted by molar-refractivity contribution is 9.10. The molecular weight excluding hydrogens is 264 g/mol. The van der Waals surface area contributed by atoms with Gasteiger partial charge < -0.3 is 10.2 Å². The molecule has 0 amide bonds. The molecule has 0 radical (unpaired) electrons. The second-order valence-electron chi connectivity index (χ2n) is 4.73. The predicted octanol–water partition coefficient (Wildman–Crippen LogP) is 2.63. The van der Waals surface area contributed by atoms with Crippen molar-refractivity contribution in [3.8, 4) is 0 Å². The summed E-state index contributed by atoms with van der Waals surface area (Å²) in [6.45, 7) is 4.42. The average Bonchev–Trinajstić information content (AvgIpc) is 2.56. The number of hydrogen-bond acceptors (Lipinski definition) is 2. The van der Waals surface area contributed by atoms with Crippen LogP contribution in [0.15, 0.2) is 28.7 Å². The molecule has 16 heavy (non-hydrogen) atoms. The van der Waals surface area contributed by atoms with Gasteiger partial charge in [0.2, 0.25) is 0 Å². The van der Waals surface area contributed by atoms with Crippen LogP contribution in [-0.2, 0) is 6.54 Å². The summed E-state index contributed by atoms with van der Waals surface area (Å²) >= 11 is 3.50. The van der Waals surface area contributed by atoms with E-state index >= 15 is 0 Å². The number of benzene rings is 1. The minimum absolute atomic E-state index is 0.638. The Morgan fingerprint density at radius 1 is 1.50 bits per heavy atom. The molecule has 0 bridgehead atoms. The van der Waals surface area contributed by atoms with Crippen LogP contribution in [0.25, 0.3) is 0 Å². The Morgan fingerprint density at radius 3 is 2.94 bits per heavy atom. The number of rotatable bonds is 3. The second-order valence-corrected chi connectivity index (χ2v) is 5.65. The van der Waals surface area contributed by atoms with Gasteiger partial charge in [0.1, 0.15) is 0 Å². The molecule has 88 valence electrons. The van der Waals surface area contributed by atoms with E-state index in [4.69, 9.17) is 0 Å². The van der Waals surface area contributed by atoms with E-state index in [9.17, 15) is 0 Å². The number of likely N-dealkylation sites (N-methyl/N-ethyl adjacent to an activating group) is 1. The van der Waals surface area contributed by atoms with Crippen molar-refractivity contribution in [2.24, 2.45) is 0 Å². The standard InChI is InChI=1S/C13H19BrN2/c1-10-6-13(9-16(10)2)15-8-11-4-3-5-12(14)7-11/h3-5,7,10,13,15H,6,8-9H2,1-2H3. The molecule has 2 atom stereocenters. The van der Waals surface area contributed by atoms with Crippen LogP contribution in [0.2, 0.25) is 0 Å². The number of nitrogens with one attached hydrogen (secondary N) is 1. The van der Waals surface area contributed by atoms with E-state index in [-0.39, 0.29) is 0 Å². The van der Waals surface area contributed by atoms with Gasteiger partial charge in [0.15, 0.2) is 0 Å². The van der Waals surface area contributed by atoms with Gasteiger partial charge in [-0.1, -0.05) is 28.1 Å². The molecule has 1 aliphatic heterocycles. The minimum Gasteiger partial charge on any atom is -0.309 e. The predicted molar refractivity (Wildman–Crippen MR) is 71.5 cm³/mol. The van der Waals surface area contributed by atoms with Crippen molar-refractivity contribution in [1.82, 2.24) is 10.2 Å². The third-order valence-corrected chi connectivity index (χ3v) is 3.86. The van der Waals surface area contributed by atoms with E-state index in [1.807, 2.05) is 0 Å². The SMILES string of the molecule is CC1CC(NCc2cccc(Br)c2)CN1C. The maximum atomic E-state index is 3.62. The summed E-state index contributed by atoms with van der Waals surface area (Å²) in [6.07, 6.45) is 1.25. The molecule has 1 aromatic carbocycles. The van der Waals surface area contributed by atoms with Gasteiger partial charge >= 0.3 is 0 Å². The number of likely N-dealkylation sites (tertiary alicyclic amines) is 1. The van der Waals surface area contributed by atoms with Gasteiger partial charge in [-0.25, -0.2) is 0 Å². The molecule has 0 aliphatic carbocycles. The van der Waals surface area contributed by atoms with Crippen molar-refractivity contribution in [3.63, 3.8) is 0 Å². The first-order valence-electron chi connectivity index (χ1n) is 5.83. The summed E-state index contributed by atoms with van der Waals surface area (Å²) in [5.41, 5.74) is 1.34. The van der Waals surface area contributed by atoms with Gasteiger partial charge in [0, 0.05) is 29.6 Å². The molecule has 3 heteroatoms. The maximum Gasteiger partial charge on any atom is 0.0212 e. The fourth-order valence-electron chi connectivity index (χ4n) is 2.25. The molecule has 1 saturated heterocycles. The third kappa shape index (κ3) is 3.06. The zero-order valence-corrected chi connectivity index (χ0v) is 11.5. The van der Waals surface area contributed by atoms with E-state index in [0.717, 1.165) is 17.6 Å². The van der Waals surface area contributed by atoms with Crippen molar-refractivity contribution in [2.75, 3.05) is 13.6 Å². The van der Waals surface area contributed by atoms with Crippen molar-refractivity contribution in [2.45, 2.75) is 32.0 Å². The third-order valence-electron chi connectivity index (χ3n) is 3.37. The van der Waals surface area contributed by atoms with Crippen LogP contribution in [0.3, 0.4) is 0 Å². The molecule has 0 saturated carbocycles. The Balaban J connectivity index is 1.84. The number of hydrogen-bond donors (Lipinski definition) is 1. The Hall–Kier alpha value is -0.380. The average molecular weight is 283 g/mol. The van der Waals surface area contributed by atoms with E-state index in [1.54, 1.807) is 0 Å². The zero-order chi connectivity index (χ0) is 11.5. The van der Waals surface area contributed by atoms with Gasteiger partial charge in [-0.05, 0) is 38.1 Å². The lowest BCUT2D eigenvalue weighted by molar-refractivity contribution is 0.326. The van der Waals surface area contributed by atoms with E-state index in [0.29, 0.717) is 12.1 Å². The van der Waals surface area contributed by atoms with Crippen molar-refractivity contribution in [3.05, 3.63) is 34.3 Å². The van der Waals surface area contributed by atoms with Gasteiger partial charge in [0.25, 0.3) is 0 Å². The molecule has 2 rings (SSSR count). The molecule has 1 aliphatic rings. The van der Waals surface area contributed by atoms with Crippen LogP contribution in [0, 0.1) is 0 Å². The highest BCUT2D eigenvalue weighted by atomic mass is 79.9. The Morgan fingerprint density at radius 2 is 2.31 bits per heavy atom. The van der Waals surface area contributed by atoms with Crippen molar-refractivity contribution in [1.29, 1.82) is 0 Å². The normalized spacial score (nSPS) is 26.2. The van der Waals surface area contributed by atoms with Gasteiger partial charge in [-0.2, -0.15) is 0 Å². The summed E-state index contributed by atoms with van der Waals surface area (Å²) in [5.74, 6) is 0. The Bertz CT molecular complexity index is 344. The van der Waals surface area contributed by atoms with E-state index in [1.165, 1.54) is 12.0 Å². The van der Waals surface area contributed by atoms with Crippen molar-refractivity contribution < 1.29 is 0 Å². The monoisotopic (exact) mass is 282 g/mol. The molecule has 0 spiro atoms. The second kappa shape index (κ2) is 5.30. The fourth-order valence-corrected chi connectivity index (χ4v) is 2.70. The van der Waals surface area contributed by atoms with Crippen molar-refractivity contribution >= 4 is 15.9 Å². The largest absolute Gasteiger partial charge is 0.309 e. The zero-order valence-electron chi connectivity index (χ0n) is 9.91. The van der Waals surface area contributed by atoms with Crippen LogP contribution in [-0.4, -0.2) is 30.6 Å². The van der Waals surface area contributed by atoms with Gasteiger partial charge in [0.05, 0.1) is 0 Å². The molecule has 0 aromatic heterocycles. The first-order valence-corrected chi connectivity index (χ1v) is 6.62. The molecule has 1 aromatic rings.